The van der Waals surface area contributed by atoms with Crippen LogP contribution in [0.5, 0.6) is 0 Å². The van der Waals surface area contributed by atoms with Crippen LogP contribution in [0.1, 0.15) is 34.0 Å². The first-order valence-corrected chi connectivity index (χ1v) is 10.2. The van der Waals surface area contributed by atoms with Crippen LogP contribution in [0.15, 0.2) is 65.3 Å². The van der Waals surface area contributed by atoms with E-state index in [0.29, 0.717) is 0 Å². The van der Waals surface area contributed by atoms with Gasteiger partial charge in [-0.25, -0.2) is 9.59 Å². The summed E-state index contributed by atoms with van der Waals surface area (Å²) in [4.78, 5) is 36.1. The Morgan fingerprint density at radius 2 is 1.70 bits per heavy atom. The highest BCUT2D eigenvalue weighted by Crippen LogP contribution is 2.44. The maximum Gasteiger partial charge on any atom is 0.411 e. The van der Waals surface area contributed by atoms with Crippen LogP contribution in [0, 0.1) is 12.3 Å². The number of carboxylic acid groups (broad SMARTS) is 1. The number of furan rings is 1. The molecular formula is C25H20N2O6. The summed E-state index contributed by atoms with van der Waals surface area (Å²) in [6.07, 6.45) is 5.37. The van der Waals surface area contributed by atoms with Crippen LogP contribution in [0.4, 0.5) is 10.5 Å². The summed E-state index contributed by atoms with van der Waals surface area (Å²) < 4.78 is 10.6. The molecule has 0 saturated heterocycles. The van der Waals surface area contributed by atoms with Gasteiger partial charge in [-0.05, 0) is 22.3 Å². The second-order valence-corrected chi connectivity index (χ2v) is 7.39. The molecule has 1 aliphatic carbocycles. The first-order chi connectivity index (χ1) is 16.0. The number of hydrogen-bond donors (Lipinski definition) is 3. The van der Waals surface area contributed by atoms with E-state index in [2.05, 4.69) is 16.6 Å². The number of aliphatic carboxylic acids is 1. The molecule has 0 fully saturated rings. The molecule has 2 amide bonds. The fraction of sp³-hybridized carbons (Fsp3) is 0.160. The fourth-order valence-corrected chi connectivity index (χ4v) is 3.87. The van der Waals surface area contributed by atoms with E-state index in [1.54, 1.807) is 0 Å². The highest BCUT2D eigenvalue weighted by molar-refractivity contribution is 6.01. The number of ether oxygens (including phenoxy) is 1. The number of rotatable bonds is 7. The summed E-state index contributed by atoms with van der Waals surface area (Å²) in [5, 5.41) is 13.9. The van der Waals surface area contributed by atoms with E-state index in [4.69, 9.17) is 20.7 Å². The molecular weight excluding hydrogens is 424 g/mol. The van der Waals surface area contributed by atoms with E-state index < -0.39 is 24.0 Å². The standard InChI is InChI=1S/C25H20N2O6/c1-2-7-21(24(29)30)26-23(28)22-20(12-13-32-22)27-25(31)33-14-19-17-10-5-3-8-15(17)16-9-4-6-11-18(16)19/h1,3-6,8-13,19,21H,7,14H2,(H,26,28)(H,27,31)(H,29,30). The number of benzene rings is 2. The Balaban J connectivity index is 1.42. The summed E-state index contributed by atoms with van der Waals surface area (Å²) in [6.45, 7) is 0.0997. The van der Waals surface area contributed by atoms with Gasteiger partial charge in [0.2, 0.25) is 5.76 Å². The highest BCUT2D eigenvalue weighted by atomic mass is 16.5. The van der Waals surface area contributed by atoms with Crippen LogP contribution in [0.25, 0.3) is 11.1 Å². The molecule has 3 N–H and O–H groups in total. The normalized spacial score (nSPS) is 12.7. The third kappa shape index (κ3) is 4.43. The fourth-order valence-electron chi connectivity index (χ4n) is 3.87. The second-order valence-electron chi connectivity index (χ2n) is 7.39. The molecule has 0 saturated carbocycles. The van der Waals surface area contributed by atoms with Crippen molar-refractivity contribution in [3.63, 3.8) is 0 Å². The first-order valence-electron chi connectivity index (χ1n) is 10.2. The van der Waals surface area contributed by atoms with Crippen LogP contribution in [0.3, 0.4) is 0 Å². The molecule has 1 atom stereocenters. The molecule has 8 heteroatoms. The van der Waals surface area contributed by atoms with Gasteiger partial charge in [0.05, 0.1) is 12.0 Å². The smallest absolute Gasteiger partial charge is 0.411 e. The largest absolute Gasteiger partial charge is 0.480 e. The van der Waals surface area contributed by atoms with E-state index in [1.165, 1.54) is 12.3 Å². The SMILES string of the molecule is C#CCC(NC(=O)c1occc1NC(=O)OCC1c2ccccc2-c2ccccc21)C(=O)O. The molecule has 166 valence electrons. The van der Waals surface area contributed by atoms with Crippen molar-refractivity contribution in [2.75, 3.05) is 11.9 Å². The van der Waals surface area contributed by atoms with E-state index in [9.17, 15) is 14.4 Å². The minimum absolute atomic E-state index is 0.0505. The molecule has 4 rings (SSSR count). The van der Waals surface area contributed by atoms with E-state index >= 15 is 0 Å². The monoisotopic (exact) mass is 444 g/mol. The van der Waals surface area contributed by atoms with E-state index in [-0.39, 0.29) is 30.4 Å². The molecule has 1 heterocycles. The van der Waals surface area contributed by atoms with Crippen molar-refractivity contribution < 1.29 is 28.6 Å². The molecule has 8 nitrogen and oxygen atoms in total. The summed E-state index contributed by atoms with van der Waals surface area (Å²) in [5.74, 6) is -0.286. The number of anilines is 1. The second kappa shape index (κ2) is 9.32. The molecule has 0 aliphatic heterocycles. The Morgan fingerprint density at radius 1 is 1.06 bits per heavy atom. The highest BCUT2D eigenvalue weighted by Gasteiger charge is 2.29. The van der Waals surface area contributed by atoms with Gasteiger partial charge in [0.15, 0.2) is 0 Å². The number of carboxylic acids is 1. The first kappa shape index (κ1) is 21.7. The van der Waals surface area contributed by atoms with Crippen LogP contribution < -0.4 is 10.6 Å². The average molecular weight is 444 g/mol. The van der Waals surface area contributed by atoms with E-state index in [0.717, 1.165) is 22.3 Å². The third-order valence-corrected chi connectivity index (χ3v) is 5.38. The zero-order valence-corrected chi connectivity index (χ0v) is 17.4. The number of nitrogens with one attached hydrogen (secondary N) is 2. The van der Waals surface area contributed by atoms with Crippen molar-refractivity contribution in [1.29, 1.82) is 0 Å². The number of carbonyl (C=O) groups excluding carboxylic acids is 2. The lowest BCUT2D eigenvalue weighted by atomic mass is 9.98. The Bertz CT molecular complexity index is 1210. The van der Waals surface area contributed by atoms with Crippen LogP contribution in [-0.2, 0) is 9.53 Å². The Hall–Kier alpha value is -4.51. The predicted molar refractivity (Wildman–Crippen MR) is 120 cm³/mol. The quantitative estimate of drug-likeness (QED) is 0.477. The van der Waals surface area contributed by atoms with Crippen molar-refractivity contribution in [3.05, 3.63) is 77.7 Å². The lowest BCUT2D eigenvalue weighted by molar-refractivity contribution is -0.139. The third-order valence-electron chi connectivity index (χ3n) is 5.38. The topological polar surface area (TPSA) is 118 Å². The van der Waals surface area contributed by atoms with Crippen LogP contribution in [-0.4, -0.2) is 35.7 Å². The Morgan fingerprint density at radius 3 is 2.30 bits per heavy atom. The van der Waals surface area contributed by atoms with E-state index in [1.807, 2.05) is 48.5 Å². The number of fused-ring (bicyclic) bond motifs is 3. The summed E-state index contributed by atoms with van der Waals surface area (Å²) in [7, 11) is 0. The molecule has 1 aromatic heterocycles. The number of amides is 2. The minimum Gasteiger partial charge on any atom is -0.480 e. The van der Waals surface area contributed by atoms with Gasteiger partial charge in [-0.2, -0.15) is 0 Å². The molecule has 0 radical (unpaired) electrons. The van der Waals surface area contributed by atoms with Gasteiger partial charge in [0.25, 0.3) is 5.91 Å². The van der Waals surface area contributed by atoms with Gasteiger partial charge in [0, 0.05) is 18.4 Å². The number of hydrogen-bond acceptors (Lipinski definition) is 5. The molecule has 0 spiro atoms. The maximum atomic E-state index is 12.5. The maximum absolute atomic E-state index is 12.5. The van der Waals surface area contributed by atoms with Crippen LogP contribution >= 0.6 is 0 Å². The molecule has 0 bridgehead atoms. The van der Waals surface area contributed by atoms with Gasteiger partial charge in [-0.3, -0.25) is 10.1 Å². The molecule has 1 unspecified atom stereocenters. The van der Waals surface area contributed by atoms with Crippen molar-refractivity contribution in [3.8, 4) is 23.5 Å². The van der Waals surface area contributed by atoms with Crippen LogP contribution in [0.2, 0.25) is 0 Å². The summed E-state index contributed by atoms with van der Waals surface area (Å²) >= 11 is 0. The van der Waals surface area contributed by atoms with Crippen molar-refractivity contribution in [2.45, 2.75) is 18.4 Å². The lowest BCUT2D eigenvalue weighted by Crippen LogP contribution is -2.40. The molecule has 3 aromatic rings. The zero-order chi connectivity index (χ0) is 23.4. The molecule has 33 heavy (non-hydrogen) atoms. The molecule has 1 aliphatic rings. The van der Waals surface area contributed by atoms with Crippen molar-refractivity contribution in [2.24, 2.45) is 0 Å². The number of carbonyl (C=O) groups is 3. The zero-order valence-electron chi connectivity index (χ0n) is 17.4. The Kier molecular flexibility index (Phi) is 6.13. The predicted octanol–water partition coefficient (Wildman–Crippen LogP) is 3.85. The average Bonchev–Trinajstić information content (AvgIpc) is 3.40. The van der Waals surface area contributed by atoms with Gasteiger partial charge in [-0.1, -0.05) is 48.5 Å². The minimum atomic E-state index is -1.28. The van der Waals surface area contributed by atoms with Crippen molar-refractivity contribution in [1.82, 2.24) is 5.32 Å². The molecule has 2 aromatic carbocycles. The van der Waals surface area contributed by atoms with Gasteiger partial charge >= 0.3 is 12.1 Å². The van der Waals surface area contributed by atoms with Crippen molar-refractivity contribution >= 4 is 23.7 Å². The van der Waals surface area contributed by atoms with Gasteiger partial charge in [0.1, 0.15) is 12.6 Å². The summed E-state index contributed by atoms with van der Waals surface area (Å²) in [6, 6.07) is 16.0. The summed E-state index contributed by atoms with van der Waals surface area (Å²) in [5.41, 5.74) is 4.41. The van der Waals surface area contributed by atoms with Gasteiger partial charge in [-0.15, -0.1) is 12.3 Å². The number of terminal acetylenes is 1. The Labute approximate surface area is 189 Å². The lowest BCUT2D eigenvalue weighted by Gasteiger charge is -2.15. The van der Waals surface area contributed by atoms with Gasteiger partial charge < -0.3 is 19.6 Å².